The predicted octanol–water partition coefficient (Wildman–Crippen LogP) is 8.67. The van der Waals surface area contributed by atoms with Gasteiger partial charge >= 0.3 is 0 Å². The average molecular weight is 663 g/mol. The Morgan fingerprint density at radius 2 is 1.81 bits per heavy atom. The largest absolute Gasteiger partial charge is 0.492 e. The molecule has 0 fully saturated rings. The second-order valence-corrected chi connectivity index (χ2v) is 10.8. The highest BCUT2D eigenvalue weighted by molar-refractivity contribution is 6.32. The van der Waals surface area contributed by atoms with Gasteiger partial charge in [-0.1, -0.05) is 51.4 Å². The van der Waals surface area contributed by atoms with E-state index < -0.39 is 0 Å². The molecule has 0 saturated heterocycles. The van der Waals surface area contributed by atoms with Crippen LogP contribution in [0.15, 0.2) is 67.0 Å². The summed E-state index contributed by atoms with van der Waals surface area (Å²) < 4.78 is 21.2. The van der Waals surface area contributed by atoms with E-state index in [1.54, 1.807) is 30.3 Å². The fraction of sp³-hybridized carbons (Fsp3) is 0.333. The molecule has 4 aromatic rings. The van der Waals surface area contributed by atoms with E-state index in [1.165, 1.54) is 12.3 Å². The van der Waals surface area contributed by atoms with Gasteiger partial charge in [0.05, 0.1) is 41.3 Å². The van der Waals surface area contributed by atoms with Crippen LogP contribution in [0.2, 0.25) is 5.02 Å². The number of rotatable bonds is 12. The number of nitriles is 1. The standard InChI is InChI=1S/C33H35ClN6O3.C2H6.CH3F/c1-6-42-31-16-28-25(15-29(31)39-32(41)8-7-13-40(4)5)33(23(17-35)19-37-28)38-24-10-12-30(26(34)14-24)43-20-22-9-11-27(21(2)3)36-18-22;2*1-2/h7-12,14-16,18-19,21H,6,13,20H2,1-5H3,(H,37,38)(H,39,41);1-2H3;1H3/b8-7+;;. The van der Waals surface area contributed by atoms with Gasteiger partial charge in [0, 0.05) is 53.4 Å². The number of carbonyl (C=O) groups excluding carboxylic acids is 1. The van der Waals surface area contributed by atoms with Crippen LogP contribution < -0.4 is 20.1 Å². The van der Waals surface area contributed by atoms with Crippen molar-refractivity contribution in [3.05, 3.63) is 88.9 Å². The van der Waals surface area contributed by atoms with Gasteiger partial charge in [0.25, 0.3) is 0 Å². The second-order valence-electron chi connectivity index (χ2n) is 10.4. The number of alkyl halides is 1. The first-order valence-corrected chi connectivity index (χ1v) is 15.7. The minimum atomic E-state index is -0.296. The van der Waals surface area contributed by atoms with E-state index >= 15 is 0 Å². The minimum absolute atomic E-state index is 0.296. The molecule has 2 heterocycles. The predicted molar refractivity (Wildman–Crippen MR) is 190 cm³/mol. The number of likely N-dealkylation sites (N-methyl/N-ethyl adjacent to an activating group) is 1. The minimum Gasteiger partial charge on any atom is -0.492 e. The molecule has 4 rings (SSSR count). The SMILES string of the molecule is CC.CCOc1cc2ncc(C#N)c(Nc3ccc(OCc4ccc(C(C)C)nc4)c(Cl)c3)c2cc1NC(=O)/C=C/CN(C)C.CF. The Bertz CT molecular complexity index is 1670. The average Bonchev–Trinajstić information content (AvgIpc) is 3.07. The molecule has 0 bridgehead atoms. The van der Waals surface area contributed by atoms with Crippen molar-refractivity contribution in [2.75, 3.05) is 45.1 Å². The van der Waals surface area contributed by atoms with Gasteiger partial charge in [-0.2, -0.15) is 5.26 Å². The Morgan fingerprint density at radius 1 is 1.06 bits per heavy atom. The zero-order valence-corrected chi connectivity index (χ0v) is 29.1. The molecular formula is C36H44ClFN6O3. The van der Waals surface area contributed by atoms with Crippen LogP contribution in [0.1, 0.15) is 57.4 Å². The fourth-order valence-electron chi connectivity index (χ4n) is 4.22. The molecule has 0 aliphatic rings. The third-order valence-corrected chi connectivity index (χ3v) is 6.72. The maximum atomic E-state index is 12.7. The molecular weight excluding hydrogens is 619 g/mol. The van der Waals surface area contributed by atoms with E-state index in [-0.39, 0.29) is 5.91 Å². The molecule has 0 aliphatic heterocycles. The number of carbonyl (C=O) groups is 1. The lowest BCUT2D eigenvalue weighted by atomic mass is 10.1. The maximum absolute atomic E-state index is 12.7. The third kappa shape index (κ3) is 11.2. The van der Waals surface area contributed by atoms with Crippen molar-refractivity contribution >= 4 is 45.5 Å². The fourth-order valence-corrected chi connectivity index (χ4v) is 4.46. The molecule has 0 atom stereocenters. The van der Waals surface area contributed by atoms with Gasteiger partial charge in [0.1, 0.15) is 24.2 Å². The number of anilines is 3. The summed E-state index contributed by atoms with van der Waals surface area (Å²) >= 11 is 6.59. The van der Waals surface area contributed by atoms with E-state index in [2.05, 4.69) is 40.5 Å². The van der Waals surface area contributed by atoms with Crippen LogP contribution in [0, 0.1) is 11.3 Å². The molecule has 0 aliphatic carbocycles. The van der Waals surface area contributed by atoms with E-state index in [9.17, 15) is 14.4 Å². The number of amides is 1. The number of hydrogen-bond acceptors (Lipinski definition) is 8. The zero-order valence-electron chi connectivity index (χ0n) is 28.3. The summed E-state index contributed by atoms with van der Waals surface area (Å²) in [5.74, 6) is 1.06. The molecule has 250 valence electrons. The number of hydrogen-bond donors (Lipinski definition) is 2. The molecule has 2 aromatic heterocycles. The van der Waals surface area contributed by atoms with E-state index in [4.69, 9.17) is 21.1 Å². The van der Waals surface area contributed by atoms with Gasteiger partial charge < -0.3 is 25.0 Å². The van der Waals surface area contributed by atoms with Crippen LogP contribution in [-0.2, 0) is 11.4 Å². The number of ether oxygens (including phenoxy) is 2. The number of nitrogens with zero attached hydrogens (tertiary/aromatic N) is 4. The van der Waals surface area contributed by atoms with Crippen molar-refractivity contribution in [1.82, 2.24) is 14.9 Å². The molecule has 2 aromatic carbocycles. The van der Waals surface area contributed by atoms with Crippen molar-refractivity contribution in [2.24, 2.45) is 0 Å². The Morgan fingerprint density at radius 3 is 2.40 bits per heavy atom. The lowest BCUT2D eigenvalue weighted by molar-refractivity contribution is -0.111. The third-order valence-electron chi connectivity index (χ3n) is 6.42. The molecule has 0 unspecified atom stereocenters. The molecule has 11 heteroatoms. The van der Waals surface area contributed by atoms with Crippen LogP contribution in [0.25, 0.3) is 10.9 Å². The quantitative estimate of drug-likeness (QED) is 0.145. The Balaban J connectivity index is 0.00000185. The maximum Gasteiger partial charge on any atom is 0.248 e. The summed E-state index contributed by atoms with van der Waals surface area (Å²) in [6.07, 6.45) is 6.56. The molecule has 2 N–H and O–H groups in total. The van der Waals surface area contributed by atoms with Crippen molar-refractivity contribution in [2.45, 2.75) is 47.1 Å². The topological polar surface area (TPSA) is 112 Å². The normalized spacial score (nSPS) is 10.5. The molecule has 0 saturated carbocycles. The van der Waals surface area contributed by atoms with Gasteiger partial charge in [-0.05, 0) is 57.3 Å². The van der Waals surface area contributed by atoms with Crippen LogP contribution >= 0.6 is 11.6 Å². The van der Waals surface area contributed by atoms with Crippen molar-refractivity contribution in [3.8, 4) is 17.6 Å². The molecule has 0 spiro atoms. The summed E-state index contributed by atoms with van der Waals surface area (Å²) in [4.78, 5) is 23.5. The number of fused-ring (bicyclic) bond motifs is 1. The molecule has 47 heavy (non-hydrogen) atoms. The first-order chi connectivity index (χ1) is 22.7. The van der Waals surface area contributed by atoms with Gasteiger partial charge in [-0.15, -0.1) is 0 Å². The summed E-state index contributed by atoms with van der Waals surface area (Å²) in [5, 5.41) is 17.1. The van der Waals surface area contributed by atoms with Crippen molar-refractivity contribution in [1.29, 1.82) is 5.26 Å². The van der Waals surface area contributed by atoms with Gasteiger partial charge in [0.2, 0.25) is 5.91 Å². The van der Waals surface area contributed by atoms with E-state index in [0.717, 1.165) is 11.3 Å². The summed E-state index contributed by atoms with van der Waals surface area (Å²) in [5.41, 5.74) is 4.52. The Hall–Kier alpha value is -4.72. The lowest BCUT2D eigenvalue weighted by Gasteiger charge is -2.16. The van der Waals surface area contributed by atoms with E-state index in [0.29, 0.717) is 82.9 Å². The van der Waals surface area contributed by atoms with Gasteiger partial charge in [-0.3, -0.25) is 19.2 Å². The van der Waals surface area contributed by atoms with Crippen LogP contribution in [-0.4, -0.2) is 55.2 Å². The van der Waals surface area contributed by atoms with Gasteiger partial charge in [-0.25, -0.2) is 0 Å². The molecule has 9 nitrogen and oxygen atoms in total. The first kappa shape index (κ1) is 38.5. The van der Waals surface area contributed by atoms with E-state index in [1.807, 2.05) is 64.2 Å². The zero-order chi connectivity index (χ0) is 34.9. The lowest BCUT2D eigenvalue weighted by Crippen LogP contribution is -2.13. The first-order valence-electron chi connectivity index (χ1n) is 15.3. The van der Waals surface area contributed by atoms with Crippen LogP contribution in [0.3, 0.4) is 0 Å². The summed E-state index contributed by atoms with van der Waals surface area (Å²) in [7, 11) is 4.34. The number of benzene rings is 2. The van der Waals surface area contributed by atoms with Gasteiger partial charge in [0.15, 0.2) is 0 Å². The summed E-state index contributed by atoms with van der Waals surface area (Å²) in [6.45, 7) is 11.4. The number of nitrogens with one attached hydrogen (secondary N) is 2. The Kier molecular flexibility index (Phi) is 16.1. The monoisotopic (exact) mass is 662 g/mol. The highest BCUT2D eigenvalue weighted by Crippen LogP contribution is 2.37. The Labute approximate surface area is 282 Å². The highest BCUT2D eigenvalue weighted by atomic mass is 35.5. The van der Waals surface area contributed by atoms with Crippen molar-refractivity contribution < 1.29 is 18.7 Å². The smallest absolute Gasteiger partial charge is 0.248 e. The summed E-state index contributed by atoms with van der Waals surface area (Å²) in [6, 6.07) is 15.0. The van der Waals surface area contributed by atoms with Crippen LogP contribution in [0.5, 0.6) is 11.5 Å². The van der Waals surface area contributed by atoms with Crippen molar-refractivity contribution in [3.63, 3.8) is 0 Å². The molecule has 0 radical (unpaired) electrons. The second kappa shape index (κ2) is 19.7. The number of pyridine rings is 2. The highest BCUT2D eigenvalue weighted by Gasteiger charge is 2.16. The van der Waals surface area contributed by atoms with Crippen LogP contribution in [0.4, 0.5) is 21.5 Å². The number of aromatic nitrogens is 2. The molecule has 1 amide bonds. The number of halogens is 2.